The lowest BCUT2D eigenvalue weighted by Gasteiger charge is -2.58. The number of nitrogens with zero attached hydrogens (tertiary/aromatic N) is 2. The van der Waals surface area contributed by atoms with Gasteiger partial charge in [-0.3, -0.25) is 4.79 Å². The predicted octanol–water partition coefficient (Wildman–Crippen LogP) is 3.28. The molecule has 6 fully saturated rings. The number of hydrogen-bond acceptors (Lipinski definition) is 5. The fourth-order valence-electron chi connectivity index (χ4n) is 7.64. The van der Waals surface area contributed by atoms with Crippen LogP contribution in [-0.4, -0.2) is 64.8 Å². The SMILES string of the molecule is CC(C)(C)OC(=O)N1CCCC12CCN(C(=O)OC1[C@@H]3CC4C[C@H]1CC(C(N)=O)(C4)C3)C2. The van der Waals surface area contributed by atoms with Gasteiger partial charge in [0, 0.05) is 19.6 Å². The van der Waals surface area contributed by atoms with E-state index in [9.17, 15) is 14.4 Å². The summed E-state index contributed by atoms with van der Waals surface area (Å²) in [5.41, 5.74) is 4.51. The highest BCUT2D eigenvalue weighted by molar-refractivity contribution is 5.81. The first-order valence-corrected chi connectivity index (χ1v) is 12.3. The number of carbonyl (C=O) groups is 3. The van der Waals surface area contributed by atoms with Gasteiger partial charge in [0.1, 0.15) is 11.7 Å². The molecular weight excluding hydrogens is 410 g/mol. The molecule has 2 heterocycles. The van der Waals surface area contributed by atoms with E-state index in [0.29, 0.717) is 25.6 Å². The summed E-state index contributed by atoms with van der Waals surface area (Å²) in [5, 5.41) is 0. The standard InChI is InChI=1S/C24H37N3O5/c1-22(2,3)32-21(30)27-7-4-5-24(27)6-8-26(14-24)20(29)31-18-16-9-15-10-17(18)13-23(11-15,12-16)19(25)28/h15-18H,4-14H2,1-3H3,(H2,25,28)/t15?,16-,17+,18?,23?,24?. The number of hydrogen-bond donors (Lipinski definition) is 1. The first-order chi connectivity index (χ1) is 15.0. The van der Waals surface area contributed by atoms with Crippen molar-refractivity contribution in [3.05, 3.63) is 0 Å². The van der Waals surface area contributed by atoms with Gasteiger partial charge in [0.15, 0.2) is 0 Å². The van der Waals surface area contributed by atoms with Gasteiger partial charge >= 0.3 is 12.2 Å². The van der Waals surface area contributed by atoms with Gasteiger partial charge in [0.05, 0.1) is 11.0 Å². The summed E-state index contributed by atoms with van der Waals surface area (Å²) in [6.45, 7) is 7.38. The van der Waals surface area contributed by atoms with Gasteiger partial charge in [0.2, 0.25) is 5.91 Å². The Kier molecular flexibility index (Phi) is 4.95. The fraction of sp³-hybridized carbons (Fsp3) is 0.875. The molecule has 178 valence electrons. The minimum atomic E-state index is -0.542. The van der Waals surface area contributed by atoms with Crippen molar-refractivity contribution in [2.75, 3.05) is 19.6 Å². The zero-order chi connectivity index (χ0) is 22.9. The normalized spacial score (nSPS) is 40.2. The Morgan fingerprint density at radius 1 is 0.969 bits per heavy atom. The molecule has 32 heavy (non-hydrogen) atoms. The summed E-state index contributed by atoms with van der Waals surface area (Å²) in [7, 11) is 0. The van der Waals surface area contributed by atoms with E-state index in [1.54, 1.807) is 4.90 Å². The highest BCUT2D eigenvalue weighted by Crippen LogP contribution is 2.60. The summed E-state index contributed by atoms with van der Waals surface area (Å²) in [6, 6.07) is 0. The number of ether oxygens (including phenoxy) is 2. The summed E-state index contributed by atoms with van der Waals surface area (Å²) < 4.78 is 11.7. The summed E-state index contributed by atoms with van der Waals surface area (Å²) in [5.74, 6) is 0.829. The minimum Gasteiger partial charge on any atom is -0.446 e. The second-order valence-electron chi connectivity index (χ2n) is 12.1. The van der Waals surface area contributed by atoms with Crippen molar-refractivity contribution in [1.29, 1.82) is 0 Å². The molecule has 4 unspecified atom stereocenters. The molecule has 2 N–H and O–H groups in total. The number of amides is 3. The topological polar surface area (TPSA) is 102 Å². The molecular formula is C24H37N3O5. The van der Waals surface area contributed by atoms with E-state index >= 15 is 0 Å². The number of carbonyl (C=O) groups excluding carboxylic acids is 3. The van der Waals surface area contributed by atoms with Gasteiger partial charge < -0.3 is 25.0 Å². The third kappa shape index (κ3) is 3.54. The van der Waals surface area contributed by atoms with E-state index in [1.165, 1.54) is 0 Å². The lowest BCUT2D eigenvalue weighted by Crippen LogP contribution is -2.59. The number of primary amides is 1. The third-order valence-electron chi connectivity index (χ3n) is 8.75. The fourth-order valence-corrected chi connectivity index (χ4v) is 7.64. The van der Waals surface area contributed by atoms with E-state index in [4.69, 9.17) is 15.2 Å². The lowest BCUT2D eigenvalue weighted by molar-refractivity contribution is -0.161. The first-order valence-electron chi connectivity index (χ1n) is 12.3. The smallest absolute Gasteiger partial charge is 0.410 e. The molecule has 2 saturated heterocycles. The zero-order valence-electron chi connectivity index (χ0n) is 19.6. The second kappa shape index (κ2) is 7.26. The maximum absolute atomic E-state index is 13.2. The molecule has 3 amide bonds. The van der Waals surface area contributed by atoms with Crippen LogP contribution in [0.3, 0.4) is 0 Å². The predicted molar refractivity (Wildman–Crippen MR) is 117 cm³/mol. The van der Waals surface area contributed by atoms with Crippen molar-refractivity contribution in [3.63, 3.8) is 0 Å². The van der Waals surface area contributed by atoms with Gasteiger partial charge in [-0.2, -0.15) is 0 Å². The molecule has 6 atom stereocenters. The minimum absolute atomic E-state index is 0.117. The molecule has 0 radical (unpaired) electrons. The van der Waals surface area contributed by atoms with Gasteiger partial charge in [-0.15, -0.1) is 0 Å². The Morgan fingerprint density at radius 3 is 2.28 bits per heavy atom. The maximum Gasteiger partial charge on any atom is 0.410 e. The van der Waals surface area contributed by atoms with Crippen molar-refractivity contribution in [3.8, 4) is 0 Å². The van der Waals surface area contributed by atoms with Crippen LogP contribution < -0.4 is 5.73 Å². The Morgan fingerprint density at radius 2 is 1.66 bits per heavy atom. The largest absolute Gasteiger partial charge is 0.446 e. The Bertz CT molecular complexity index is 807. The molecule has 6 rings (SSSR count). The molecule has 0 aromatic rings. The van der Waals surface area contributed by atoms with Crippen molar-refractivity contribution < 1.29 is 23.9 Å². The van der Waals surface area contributed by atoms with Crippen LogP contribution in [-0.2, 0) is 14.3 Å². The average Bonchev–Trinajstić information content (AvgIpc) is 3.30. The third-order valence-corrected chi connectivity index (χ3v) is 8.75. The van der Waals surface area contributed by atoms with E-state index < -0.39 is 5.60 Å². The van der Waals surface area contributed by atoms with E-state index in [-0.39, 0.29) is 47.0 Å². The van der Waals surface area contributed by atoms with Crippen molar-refractivity contribution in [1.82, 2.24) is 9.80 Å². The van der Waals surface area contributed by atoms with Gasteiger partial charge in [-0.25, -0.2) is 9.59 Å². The molecule has 8 heteroatoms. The average molecular weight is 448 g/mol. The van der Waals surface area contributed by atoms with E-state index in [2.05, 4.69) is 0 Å². The maximum atomic E-state index is 13.2. The molecule has 2 aliphatic heterocycles. The molecule has 4 aliphatic carbocycles. The second-order valence-corrected chi connectivity index (χ2v) is 12.1. The van der Waals surface area contributed by atoms with Crippen LogP contribution in [0.25, 0.3) is 0 Å². The summed E-state index contributed by atoms with van der Waals surface area (Å²) >= 11 is 0. The number of likely N-dealkylation sites (tertiary alicyclic amines) is 2. The van der Waals surface area contributed by atoms with E-state index in [1.807, 2.05) is 25.7 Å². The highest BCUT2D eigenvalue weighted by atomic mass is 16.6. The molecule has 1 spiro atoms. The van der Waals surface area contributed by atoms with E-state index in [0.717, 1.165) is 51.4 Å². The van der Waals surface area contributed by atoms with Crippen molar-refractivity contribution in [2.24, 2.45) is 28.9 Å². The van der Waals surface area contributed by atoms with Gasteiger partial charge in [-0.05, 0) is 89.9 Å². The summed E-state index contributed by atoms with van der Waals surface area (Å²) in [4.78, 5) is 41.8. The van der Waals surface area contributed by atoms with Crippen LogP contribution in [0.1, 0.15) is 72.1 Å². The highest BCUT2D eigenvalue weighted by Gasteiger charge is 2.59. The molecule has 6 aliphatic rings. The molecule has 0 aromatic heterocycles. The van der Waals surface area contributed by atoms with Crippen molar-refractivity contribution in [2.45, 2.75) is 89.4 Å². The lowest BCUT2D eigenvalue weighted by atomic mass is 9.48. The van der Waals surface area contributed by atoms with Gasteiger partial charge in [0.25, 0.3) is 0 Å². The number of rotatable bonds is 2. The Labute approximate surface area is 190 Å². The molecule has 8 nitrogen and oxygen atoms in total. The Hall–Kier alpha value is -1.99. The molecule has 0 aromatic carbocycles. The Balaban J connectivity index is 1.23. The van der Waals surface area contributed by atoms with Crippen LogP contribution in [0.4, 0.5) is 9.59 Å². The van der Waals surface area contributed by atoms with Crippen LogP contribution in [0.2, 0.25) is 0 Å². The van der Waals surface area contributed by atoms with Crippen LogP contribution >= 0.6 is 0 Å². The van der Waals surface area contributed by atoms with Crippen LogP contribution in [0.5, 0.6) is 0 Å². The zero-order valence-corrected chi connectivity index (χ0v) is 19.6. The van der Waals surface area contributed by atoms with Crippen LogP contribution in [0, 0.1) is 23.2 Å². The summed E-state index contributed by atoms with van der Waals surface area (Å²) in [6.07, 6.45) is 6.35. The number of nitrogens with two attached hydrogens (primary N) is 1. The monoisotopic (exact) mass is 447 g/mol. The van der Waals surface area contributed by atoms with Gasteiger partial charge in [-0.1, -0.05) is 0 Å². The van der Waals surface area contributed by atoms with Crippen molar-refractivity contribution >= 4 is 18.1 Å². The quantitative estimate of drug-likeness (QED) is 0.700. The molecule has 4 saturated carbocycles. The van der Waals surface area contributed by atoms with Crippen LogP contribution in [0.15, 0.2) is 0 Å². The molecule has 4 bridgehead atoms. The first kappa shape index (κ1) is 21.8.